The van der Waals surface area contributed by atoms with Crippen LogP contribution in [0.2, 0.25) is 0 Å². The van der Waals surface area contributed by atoms with Crippen LogP contribution in [0.5, 0.6) is 0 Å². The van der Waals surface area contributed by atoms with Gasteiger partial charge in [0.25, 0.3) is 0 Å². The lowest BCUT2D eigenvalue weighted by molar-refractivity contribution is 0.576. The smallest absolute Gasteiger partial charge is 0.130 e. The second-order valence-corrected chi connectivity index (χ2v) is 4.68. The number of hydrogen-bond acceptors (Lipinski definition) is 1. The first-order chi connectivity index (χ1) is 8.54. The number of halogens is 4. The van der Waals surface area contributed by atoms with Gasteiger partial charge in [0.05, 0.1) is 0 Å². The summed E-state index contributed by atoms with van der Waals surface area (Å²) in [4.78, 5) is 0.358. The predicted octanol–water partition coefficient (Wildman–Crippen LogP) is 4.54. The van der Waals surface area contributed by atoms with Crippen molar-refractivity contribution in [2.75, 3.05) is 0 Å². The monoisotopic (exact) mass is 272 g/mol. The first-order valence-electron chi connectivity index (χ1n) is 5.07. The molecule has 0 heterocycles. The van der Waals surface area contributed by atoms with E-state index in [-0.39, 0.29) is 11.3 Å². The first-order valence-corrected chi connectivity index (χ1v) is 6.06. The predicted molar refractivity (Wildman–Crippen MR) is 62.3 cm³/mol. The quantitative estimate of drug-likeness (QED) is 0.584. The summed E-state index contributed by atoms with van der Waals surface area (Å²) >= 11 is 1.08. The minimum atomic E-state index is -0.683. The summed E-state index contributed by atoms with van der Waals surface area (Å²) in [7, 11) is 0. The zero-order chi connectivity index (χ0) is 13.1. The van der Waals surface area contributed by atoms with Gasteiger partial charge in [-0.15, -0.1) is 11.8 Å². The van der Waals surface area contributed by atoms with Gasteiger partial charge in [0.15, 0.2) is 0 Å². The van der Waals surface area contributed by atoms with Gasteiger partial charge < -0.3 is 0 Å². The standard InChI is InChI=1S/C13H8F4S/c14-9-2-1-8(13(17)6-9)7-18-12-4-10(15)3-11(16)5-12/h1-6H,7H2. The van der Waals surface area contributed by atoms with Crippen LogP contribution in [-0.2, 0) is 5.75 Å². The van der Waals surface area contributed by atoms with Crippen molar-refractivity contribution in [3.63, 3.8) is 0 Å². The molecule has 0 bridgehead atoms. The van der Waals surface area contributed by atoms with Crippen molar-refractivity contribution >= 4 is 11.8 Å². The van der Waals surface area contributed by atoms with E-state index in [2.05, 4.69) is 0 Å². The Labute approximate surface area is 106 Å². The lowest BCUT2D eigenvalue weighted by atomic mass is 10.2. The SMILES string of the molecule is Fc1cc(F)cc(SCc2ccc(F)cc2F)c1. The van der Waals surface area contributed by atoms with Crippen molar-refractivity contribution in [2.45, 2.75) is 10.6 Å². The Morgan fingerprint density at radius 3 is 2.06 bits per heavy atom. The third-order valence-electron chi connectivity index (χ3n) is 2.25. The summed E-state index contributed by atoms with van der Waals surface area (Å²) in [6, 6.07) is 6.33. The summed E-state index contributed by atoms with van der Waals surface area (Å²) in [6.07, 6.45) is 0. The maximum Gasteiger partial charge on any atom is 0.130 e. The van der Waals surface area contributed by atoms with E-state index in [1.165, 1.54) is 6.07 Å². The van der Waals surface area contributed by atoms with Crippen LogP contribution in [0.25, 0.3) is 0 Å². The van der Waals surface area contributed by atoms with Gasteiger partial charge in [0, 0.05) is 22.8 Å². The minimum absolute atomic E-state index is 0.176. The highest BCUT2D eigenvalue weighted by atomic mass is 32.2. The molecule has 0 saturated heterocycles. The van der Waals surface area contributed by atoms with Crippen molar-refractivity contribution in [1.29, 1.82) is 0 Å². The topological polar surface area (TPSA) is 0 Å². The number of benzene rings is 2. The largest absolute Gasteiger partial charge is 0.207 e. The van der Waals surface area contributed by atoms with E-state index >= 15 is 0 Å². The van der Waals surface area contributed by atoms with Gasteiger partial charge in [0.2, 0.25) is 0 Å². The zero-order valence-electron chi connectivity index (χ0n) is 9.09. The maximum absolute atomic E-state index is 13.3. The molecular formula is C13H8F4S. The third-order valence-corrected chi connectivity index (χ3v) is 3.27. The molecule has 0 aliphatic rings. The molecule has 0 aliphatic carbocycles. The summed E-state index contributed by atoms with van der Waals surface area (Å²) in [6.45, 7) is 0. The van der Waals surface area contributed by atoms with Crippen molar-refractivity contribution < 1.29 is 17.6 Å². The molecule has 0 amide bonds. The number of hydrogen-bond donors (Lipinski definition) is 0. The minimum Gasteiger partial charge on any atom is -0.207 e. The van der Waals surface area contributed by atoms with Crippen molar-refractivity contribution in [2.24, 2.45) is 0 Å². The van der Waals surface area contributed by atoms with E-state index in [1.54, 1.807) is 0 Å². The molecule has 5 heteroatoms. The second-order valence-electron chi connectivity index (χ2n) is 3.63. The van der Waals surface area contributed by atoms with E-state index in [0.717, 1.165) is 42.1 Å². The van der Waals surface area contributed by atoms with Crippen LogP contribution in [0.1, 0.15) is 5.56 Å². The molecule has 0 radical (unpaired) electrons. The van der Waals surface area contributed by atoms with Crippen LogP contribution >= 0.6 is 11.8 Å². The van der Waals surface area contributed by atoms with Crippen LogP contribution in [0.3, 0.4) is 0 Å². The normalized spacial score (nSPS) is 10.7. The Balaban J connectivity index is 2.11. The molecule has 0 N–H and O–H groups in total. The van der Waals surface area contributed by atoms with Gasteiger partial charge in [-0.1, -0.05) is 6.07 Å². The van der Waals surface area contributed by atoms with Gasteiger partial charge in [0.1, 0.15) is 23.3 Å². The second kappa shape index (κ2) is 5.44. The van der Waals surface area contributed by atoms with Crippen LogP contribution in [0.4, 0.5) is 17.6 Å². The van der Waals surface area contributed by atoms with Gasteiger partial charge in [-0.3, -0.25) is 0 Å². The van der Waals surface area contributed by atoms with Crippen LogP contribution in [0, 0.1) is 23.3 Å². The van der Waals surface area contributed by atoms with Crippen molar-refractivity contribution in [1.82, 2.24) is 0 Å². The molecule has 0 spiro atoms. The number of thioether (sulfide) groups is 1. The summed E-state index contributed by atoms with van der Waals surface area (Å²) in [5.41, 5.74) is 0.283. The Morgan fingerprint density at radius 2 is 1.44 bits per heavy atom. The van der Waals surface area contributed by atoms with Gasteiger partial charge in [-0.2, -0.15) is 0 Å². The fraction of sp³-hybridized carbons (Fsp3) is 0.0769. The average Bonchev–Trinajstić information content (AvgIpc) is 2.26. The molecule has 18 heavy (non-hydrogen) atoms. The van der Waals surface area contributed by atoms with Crippen LogP contribution < -0.4 is 0 Å². The lowest BCUT2D eigenvalue weighted by Gasteiger charge is -2.04. The summed E-state index contributed by atoms with van der Waals surface area (Å²) in [5.74, 6) is -2.51. The highest BCUT2D eigenvalue weighted by molar-refractivity contribution is 7.98. The average molecular weight is 272 g/mol. The molecule has 2 aromatic rings. The lowest BCUT2D eigenvalue weighted by Crippen LogP contribution is -1.89. The first kappa shape index (κ1) is 13.0. The van der Waals surface area contributed by atoms with Crippen LogP contribution in [-0.4, -0.2) is 0 Å². The molecule has 0 aromatic heterocycles. The molecule has 0 aliphatic heterocycles. The molecule has 0 fully saturated rings. The Bertz CT molecular complexity index is 549. The summed E-state index contributed by atoms with van der Waals surface area (Å²) < 4.78 is 51.8. The third kappa shape index (κ3) is 3.26. The van der Waals surface area contributed by atoms with E-state index in [0.29, 0.717) is 4.90 Å². The van der Waals surface area contributed by atoms with E-state index in [9.17, 15) is 17.6 Å². The van der Waals surface area contributed by atoms with Crippen molar-refractivity contribution in [3.05, 3.63) is 65.2 Å². The highest BCUT2D eigenvalue weighted by Crippen LogP contribution is 2.25. The molecular weight excluding hydrogens is 264 g/mol. The molecule has 0 saturated carbocycles. The van der Waals surface area contributed by atoms with Crippen LogP contribution in [0.15, 0.2) is 41.3 Å². The van der Waals surface area contributed by atoms with Gasteiger partial charge in [-0.05, 0) is 23.8 Å². The molecule has 2 rings (SSSR count). The molecule has 0 atom stereocenters. The summed E-state index contributed by atoms with van der Waals surface area (Å²) in [5, 5.41) is 0. The Kier molecular flexibility index (Phi) is 3.91. The maximum atomic E-state index is 13.3. The van der Waals surface area contributed by atoms with E-state index in [4.69, 9.17) is 0 Å². The fourth-order valence-corrected chi connectivity index (χ4v) is 2.36. The van der Waals surface area contributed by atoms with E-state index in [1.807, 2.05) is 0 Å². The fourth-order valence-electron chi connectivity index (χ4n) is 1.41. The van der Waals surface area contributed by atoms with E-state index < -0.39 is 23.3 Å². The zero-order valence-corrected chi connectivity index (χ0v) is 9.91. The molecule has 2 aromatic carbocycles. The van der Waals surface area contributed by atoms with Gasteiger partial charge >= 0.3 is 0 Å². The van der Waals surface area contributed by atoms with Gasteiger partial charge in [-0.25, -0.2) is 17.6 Å². The van der Waals surface area contributed by atoms with Crippen molar-refractivity contribution in [3.8, 4) is 0 Å². The molecule has 0 unspecified atom stereocenters. The molecule has 94 valence electrons. The Hall–Kier alpha value is -1.49. The highest BCUT2D eigenvalue weighted by Gasteiger charge is 2.06. The number of rotatable bonds is 3. The Morgan fingerprint density at radius 1 is 0.778 bits per heavy atom. The molecule has 0 nitrogen and oxygen atoms in total.